The second kappa shape index (κ2) is 6.34. The van der Waals surface area contributed by atoms with Crippen LogP contribution >= 0.6 is 11.3 Å². The Bertz CT molecular complexity index is 617. The lowest BCUT2D eigenvalue weighted by Gasteiger charge is -2.05. The molecule has 4 nitrogen and oxygen atoms in total. The normalized spacial score (nSPS) is 10.1. The minimum absolute atomic E-state index is 0.109. The highest BCUT2D eigenvalue weighted by Gasteiger charge is 2.09. The predicted molar refractivity (Wildman–Crippen MR) is 82.4 cm³/mol. The van der Waals surface area contributed by atoms with Gasteiger partial charge in [-0.25, -0.2) is 0 Å². The molecule has 0 aliphatic rings. The minimum Gasteiger partial charge on any atom is -0.326 e. The van der Waals surface area contributed by atoms with Gasteiger partial charge in [0.05, 0.1) is 4.88 Å². The topological polar surface area (TPSA) is 58.2 Å². The molecular weight excluding hydrogens is 272 g/mol. The van der Waals surface area contributed by atoms with E-state index in [1.165, 1.54) is 23.1 Å². The Morgan fingerprint density at radius 2 is 1.60 bits per heavy atom. The number of hydrogen-bond donors (Lipinski definition) is 2. The van der Waals surface area contributed by atoms with E-state index in [0.717, 1.165) is 6.42 Å². The van der Waals surface area contributed by atoms with Crippen molar-refractivity contribution in [1.29, 1.82) is 0 Å². The molecule has 104 valence electrons. The lowest BCUT2D eigenvalue weighted by molar-refractivity contribution is -0.114. The molecule has 2 N–H and O–H groups in total. The first kappa shape index (κ1) is 14.3. The summed E-state index contributed by atoms with van der Waals surface area (Å²) in [6.45, 7) is 3.52. The van der Waals surface area contributed by atoms with E-state index in [1.54, 1.807) is 24.3 Å². The van der Waals surface area contributed by atoms with Crippen molar-refractivity contribution in [1.82, 2.24) is 0 Å². The van der Waals surface area contributed by atoms with Gasteiger partial charge in [-0.05, 0) is 42.8 Å². The molecule has 2 amide bonds. The summed E-state index contributed by atoms with van der Waals surface area (Å²) >= 11 is 1.50. The van der Waals surface area contributed by atoms with Crippen LogP contribution in [0.1, 0.15) is 28.4 Å². The summed E-state index contributed by atoms with van der Waals surface area (Å²) in [5.41, 5.74) is 1.41. The standard InChI is InChI=1S/C15H16N2O2S/c1-3-13-8-9-14(20-13)15(19)17-12-6-4-11(5-7-12)16-10(2)18/h4-9H,3H2,1-2H3,(H,16,18)(H,17,19). The zero-order chi connectivity index (χ0) is 14.5. The summed E-state index contributed by atoms with van der Waals surface area (Å²) in [6.07, 6.45) is 0.934. The highest BCUT2D eigenvalue weighted by atomic mass is 32.1. The van der Waals surface area contributed by atoms with Gasteiger partial charge in [0.1, 0.15) is 0 Å². The third-order valence-corrected chi connectivity index (χ3v) is 3.93. The van der Waals surface area contributed by atoms with Gasteiger partial charge in [0, 0.05) is 23.2 Å². The Balaban J connectivity index is 2.02. The molecule has 0 fully saturated rings. The van der Waals surface area contributed by atoms with E-state index < -0.39 is 0 Å². The number of nitrogens with one attached hydrogen (secondary N) is 2. The molecule has 0 radical (unpaired) electrons. The van der Waals surface area contributed by atoms with Crippen molar-refractivity contribution >= 4 is 34.5 Å². The lowest BCUT2D eigenvalue weighted by atomic mass is 10.2. The third kappa shape index (κ3) is 3.68. The van der Waals surface area contributed by atoms with Crippen LogP contribution in [0.4, 0.5) is 11.4 Å². The van der Waals surface area contributed by atoms with Crippen molar-refractivity contribution in [2.75, 3.05) is 10.6 Å². The summed E-state index contributed by atoms with van der Waals surface area (Å²) in [7, 11) is 0. The van der Waals surface area contributed by atoms with Crippen LogP contribution < -0.4 is 10.6 Å². The van der Waals surface area contributed by atoms with E-state index in [-0.39, 0.29) is 11.8 Å². The minimum atomic E-state index is -0.118. The molecule has 0 saturated heterocycles. The molecule has 0 aliphatic carbocycles. The zero-order valence-corrected chi connectivity index (χ0v) is 12.2. The van der Waals surface area contributed by atoms with Gasteiger partial charge in [-0.3, -0.25) is 9.59 Å². The molecule has 2 aromatic rings. The highest BCUT2D eigenvalue weighted by Crippen LogP contribution is 2.19. The summed E-state index contributed by atoms with van der Waals surface area (Å²) in [5, 5.41) is 5.51. The van der Waals surface area contributed by atoms with Crippen molar-refractivity contribution in [3.8, 4) is 0 Å². The number of carbonyl (C=O) groups is 2. The number of amides is 2. The molecule has 0 atom stereocenters. The van der Waals surface area contributed by atoms with E-state index in [2.05, 4.69) is 17.6 Å². The van der Waals surface area contributed by atoms with Gasteiger partial charge in [0.25, 0.3) is 5.91 Å². The average Bonchev–Trinajstić information content (AvgIpc) is 2.89. The second-order valence-electron chi connectivity index (χ2n) is 4.33. The van der Waals surface area contributed by atoms with Gasteiger partial charge in [0.2, 0.25) is 5.91 Å². The number of hydrogen-bond acceptors (Lipinski definition) is 3. The molecule has 2 rings (SSSR count). The van der Waals surface area contributed by atoms with Crippen LogP contribution in [0.3, 0.4) is 0 Å². The fourth-order valence-corrected chi connectivity index (χ4v) is 2.57. The first-order chi connectivity index (χ1) is 9.58. The fourth-order valence-electron chi connectivity index (χ4n) is 1.72. The van der Waals surface area contributed by atoms with Crippen LogP contribution in [0.15, 0.2) is 36.4 Å². The number of benzene rings is 1. The lowest BCUT2D eigenvalue weighted by Crippen LogP contribution is -2.10. The van der Waals surface area contributed by atoms with Crippen molar-refractivity contribution in [3.63, 3.8) is 0 Å². The number of thiophene rings is 1. The largest absolute Gasteiger partial charge is 0.326 e. The molecule has 0 unspecified atom stereocenters. The Morgan fingerprint density at radius 3 is 2.10 bits per heavy atom. The number of aryl methyl sites for hydroxylation is 1. The zero-order valence-electron chi connectivity index (χ0n) is 11.4. The summed E-state index contributed by atoms with van der Waals surface area (Å²) < 4.78 is 0. The molecule has 1 aromatic carbocycles. The Kier molecular flexibility index (Phi) is 4.53. The molecule has 0 saturated carbocycles. The van der Waals surface area contributed by atoms with Gasteiger partial charge in [-0.1, -0.05) is 6.92 Å². The molecule has 20 heavy (non-hydrogen) atoms. The number of anilines is 2. The molecule has 0 aliphatic heterocycles. The van der Waals surface area contributed by atoms with Gasteiger partial charge >= 0.3 is 0 Å². The maximum atomic E-state index is 12.0. The van der Waals surface area contributed by atoms with E-state index in [1.807, 2.05) is 12.1 Å². The monoisotopic (exact) mass is 288 g/mol. The van der Waals surface area contributed by atoms with Crippen LogP contribution in [-0.2, 0) is 11.2 Å². The van der Waals surface area contributed by atoms with E-state index >= 15 is 0 Å². The number of carbonyl (C=O) groups excluding carboxylic acids is 2. The van der Waals surface area contributed by atoms with Crippen molar-refractivity contribution in [3.05, 3.63) is 46.2 Å². The molecular formula is C15H16N2O2S. The maximum absolute atomic E-state index is 12.0. The molecule has 1 aromatic heterocycles. The number of rotatable bonds is 4. The van der Waals surface area contributed by atoms with E-state index in [4.69, 9.17) is 0 Å². The van der Waals surface area contributed by atoms with E-state index in [0.29, 0.717) is 16.3 Å². The van der Waals surface area contributed by atoms with Gasteiger partial charge in [-0.15, -0.1) is 11.3 Å². The Morgan fingerprint density at radius 1 is 1.00 bits per heavy atom. The quantitative estimate of drug-likeness (QED) is 0.904. The molecule has 0 spiro atoms. The smallest absolute Gasteiger partial charge is 0.265 e. The molecule has 0 bridgehead atoms. The van der Waals surface area contributed by atoms with Gasteiger partial charge in [-0.2, -0.15) is 0 Å². The van der Waals surface area contributed by atoms with Gasteiger partial charge < -0.3 is 10.6 Å². The Labute approximate surface area is 121 Å². The van der Waals surface area contributed by atoms with Crippen LogP contribution in [0.25, 0.3) is 0 Å². The SMILES string of the molecule is CCc1ccc(C(=O)Nc2ccc(NC(C)=O)cc2)s1. The van der Waals surface area contributed by atoms with Crippen LogP contribution in [-0.4, -0.2) is 11.8 Å². The summed E-state index contributed by atoms with van der Waals surface area (Å²) in [5.74, 6) is -0.227. The summed E-state index contributed by atoms with van der Waals surface area (Å²) in [4.78, 5) is 24.8. The maximum Gasteiger partial charge on any atom is 0.265 e. The van der Waals surface area contributed by atoms with Crippen LogP contribution in [0.5, 0.6) is 0 Å². The van der Waals surface area contributed by atoms with Crippen LogP contribution in [0, 0.1) is 0 Å². The fraction of sp³-hybridized carbons (Fsp3) is 0.200. The van der Waals surface area contributed by atoms with E-state index in [9.17, 15) is 9.59 Å². The highest BCUT2D eigenvalue weighted by molar-refractivity contribution is 7.14. The van der Waals surface area contributed by atoms with Crippen LogP contribution in [0.2, 0.25) is 0 Å². The summed E-state index contributed by atoms with van der Waals surface area (Å²) in [6, 6.07) is 10.8. The Hall–Kier alpha value is -2.14. The first-order valence-corrected chi connectivity index (χ1v) is 7.18. The first-order valence-electron chi connectivity index (χ1n) is 6.36. The van der Waals surface area contributed by atoms with Crippen molar-refractivity contribution in [2.45, 2.75) is 20.3 Å². The van der Waals surface area contributed by atoms with Gasteiger partial charge in [0.15, 0.2) is 0 Å². The van der Waals surface area contributed by atoms with Crippen molar-refractivity contribution in [2.24, 2.45) is 0 Å². The second-order valence-corrected chi connectivity index (χ2v) is 5.50. The molecule has 1 heterocycles. The average molecular weight is 288 g/mol. The third-order valence-electron chi connectivity index (χ3n) is 2.70. The molecule has 5 heteroatoms. The predicted octanol–water partition coefficient (Wildman–Crippen LogP) is 3.52. The van der Waals surface area contributed by atoms with Crippen molar-refractivity contribution < 1.29 is 9.59 Å².